The highest BCUT2D eigenvalue weighted by molar-refractivity contribution is 7.16. The molecule has 3 aromatic heterocycles. The molecular formula is C11H11N5OS. The third kappa shape index (κ3) is 1.78. The van der Waals surface area contributed by atoms with Gasteiger partial charge < -0.3 is 10.3 Å². The van der Waals surface area contributed by atoms with E-state index in [1.165, 1.54) is 11.3 Å². The number of aromatic nitrogens is 4. The minimum absolute atomic E-state index is 0.440. The fourth-order valence-corrected chi connectivity index (χ4v) is 2.47. The second-order valence-corrected chi connectivity index (χ2v) is 5.25. The fourth-order valence-electron chi connectivity index (χ4n) is 1.69. The molecule has 92 valence electrons. The first-order valence-corrected chi connectivity index (χ1v) is 6.14. The summed E-state index contributed by atoms with van der Waals surface area (Å²) in [6, 6.07) is 1.94. The Morgan fingerprint density at radius 3 is 2.89 bits per heavy atom. The molecule has 0 aliphatic heterocycles. The van der Waals surface area contributed by atoms with Gasteiger partial charge in [0.2, 0.25) is 5.82 Å². The van der Waals surface area contributed by atoms with Crippen LogP contribution in [0.5, 0.6) is 0 Å². The first-order chi connectivity index (χ1) is 8.63. The van der Waals surface area contributed by atoms with Crippen LogP contribution in [-0.4, -0.2) is 19.9 Å². The maximum atomic E-state index is 5.90. The Hall–Kier alpha value is -2.15. The normalized spacial score (nSPS) is 11.0. The van der Waals surface area contributed by atoms with Gasteiger partial charge in [-0.05, 0) is 13.0 Å². The molecule has 18 heavy (non-hydrogen) atoms. The molecule has 0 saturated carbocycles. The lowest BCUT2D eigenvalue weighted by Crippen LogP contribution is -1.84. The number of rotatable bonds is 2. The van der Waals surface area contributed by atoms with Gasteiger partial charge in [0.15, 0.2) is 0 Å². The van der Waals surface area contributed by atoms with Gasteiger partial charge in [0.05, 0.1) is 22.3 Å². The quantitative estimate of drug-likeness (QED) is 0.763. The zero-order valence-electron chi connectivity index (χ0n) is 9.91. The van der Waals surface area contributed by atoms with Crippen molar-refractivity contribution in [3.8, 4) is 22.8 Å². The number of anilines is 1. The first-order valence-electron chi connectivity index (χ1n) is 5.32. The predicted molar refractivity (Wildman–Crippen MR) is 69.0 cm³/mol. The second kappa shape index (κ2) is 3.95. The lowest BCUT2D eigenvalue weighted by Gasteiger charge is -1.88. The molecule has 2 N–H and O–H groups in total. The van der Waals surface area contributed by atoms with Gasteiger partial charge in [0, 0.05) is 18.1 Å². The number of hydrogen-bond acceptors (Lipinski definition) is 6. The molecule has 0 atom stereocenters. The van der Waals surface area contributed by atoms with E-state index < -0.39 is 0 Å². The van der Waals surface area contributed by atoms with E-state index in [4.69, 9.17) is 10.3 Å². The van der Waals surface area contributed by atoms with Crippen molar-refractivity contribution in [3.63, 3.8) is 0 Å². The monoisotopic (exact) mass is 261 g/mol. The Morgan fingerprint density at radius 1 is 1.44 bits per heavy atom. The van der Waals surface area contributed by atoms with E-state index in [1.54, 1.807) is 10.9 Å². The second-order valence-electron chi connectivity index (χ2n) is 3.96. The summed E-state index contributed by atoms with van der Waals surface area (Å²) in [6.07, 6.45) is 3.52. The van der Waals surface area contributed by atoms with Crippen molar-refractivity contribution >= 4 is 16.3 Å². The van der Waals surface area contributed by atoms with Crippen LogP contribution in [0.1, 0.15) is 4.88 Å². The van der Waals surface area contributed by atoms with Crippen molar-refractivity contribution < 1.29 is 4.52 Å². The van der Waals surface area contributed by atoms with Gasteiger partial charge in [-0.2, -0.15) is 10.1 Å². The van der Waals surface area contributed by atoms with Crippen LogP contribution in [0, 0.1) is 6.92 Å². The number of hydrogen-bond donors (Lipinski definition) is 1. The lowest BCUT2D eigenvalue weighted by atomic mass is 10.3. The molecule has 3 aromatic rings. The maximum Gasteiger partial charge on any atom is 0.261 e. The SMILES string of the molecule is Cc1cc(-c2nc(-c3cnn(C)c3)no2)c(N)s1. The third-order valence-electron chi connectivity index (χ3n) is 2.50. The molecule has 0 amide bonds. The van der Waals surface area contributed by atoms with Crippen molar-refractivity contribution in [2.75, 3.05) is 5.73 Å². The standard InChI is InChI=1S/C11H11N5OS/c1-6-3-8(9(12)18-6)11-14-10(15-17-11)7-4-13-16(2)5-7/h3-5H,12H2,1-2H3. The highest BCUT2D eigenvalue weighted by atomic mass is 32.1. The van der Waals surface area contributed by atoms with E-state index in [0.717, 1.165) is 16.0 Å². The van der Waals surface area contributed by atoms with E-state index in [9.17, 15) is 0 Å². The molecule has 7 heteroatoms. The molecule has 3 rings (SSSR count). The molecule has 3 heterocycles. The number of nitrogen functional groups attached to an aromatic ring is 1. The average Bonchev–Trinajstić information content (AvgIpc) is 2.98. The molecule has 0 bridgehead atoms. The molecule has 0 unspecified atom stereocenters. The Bertz CT molecular complexity index is 696. The van der Waals surface area contributed by atoms with Gasteiger partial charge in [-0.3, -0.25) is 4.68 Å². The molecular weight excluding hydrogens is 250 g/mol. The predicted octanol–water partition coefficient (Wildman–Crippen LogP) is 2.09. The molecule has 0 spiro atoms. The van der Waals surface area contributed by atoms with Crippen LogP contribution in [0.2, 0.25) is 0 Å². The molecule has 0 aliphatic carbocycles. The van der Waals surface area contributed by atoms with Gasteiger partial charge in [-0.1, -0.05) is 5.16 Å². The van der Waals surface area contributed by atoms with Crippen molar-refractivity contribution in [2.24, 2.45) is 7.05 Å². The van der Waals surface area contributed by atoms with E-state index in [-0.39, 0.29) is 0 Å². The van der Waals surface area contributed by atoms with E-state index in [0.29, 0.717) is 16.7 Å². The van der Waals surface area contributed by atoms with Crippen molar-refractivity contribution in [2.45, 2.75) is 6.92 Å². The van der Waals surface area contributed by atoms with Gasteiger partial charge >= 0.3 is 0 Å². The Labute approximate surface area is 107 Å². The first kappa shape index (κ1) is 11.0. The summed E-state index contributed by atoms with van der Waals surface area (Å²) in [5, 5.41) is 8.69. The third-order valence-corrected chi connectivity index (χ3v) is 3.38. The van der Waals surface area contributed by atoms with E-state index >= 15 is 0 Å². The summed E-state index contributed by atoms with van der Waals surface area (Å²) in [5.41, 5.74) is 7.51. The number of thiophene rings is 1. The van der Waals surface area contributed by atoms with Gasteiger partial charge in [-0.15, -0.1) is 11.3 Å². The molecule has 0 aliphatic rings. The highest BCUT2D eigenvalue weighted by Crippen LogP contribution is 2.33. The van der Waals surface area contributed by atoms with Crippen LogP contribution in [0.25, 0.3) is 22.8 Å². The number of nitrogens with zero attached hydrogens (tertiary/aromatic N) is 4. The fraction of sp³-hybridized carbons (Fsp3) is 0.182. The molecule has 0 saturated heterocycles. The molecule has 0 fully saturated rings. The largest absolute Gasteiger partial charge is 0.390 e. The Balaban J connectivity index is 2.01. The smallest absolute Gasteiger partial charge is 0.261 e. The Morgan fingerprint density at radius 2 is 2.28 bits per heavy atom. The van der Waals surface area contributed by atoms with Crippen molar-refractivity contribution in [1.29, 1.82) is 0 Å². The number of aryl methyl sites for hydroxylation is 2. The molecule has 0 aromatic carbocycles. The minimum Gasteiger partial charge on any atom is -0.390 e. The van der Waals surface area contributed by atoms with Crippen LogP contribution in [0.3, 0.4) is 0 Å². The maximum absolute atomic E-state index is 5.90. The van der Waals surface area contributed by atoms with E-state index in [1.807, 2.05) is 26.2 Å². The lowest BCUT2D eigenvalue weighted by molar-refractivity contribution is 0.432. The van der Waals surface area contributed by atoms with Crippen LogP contribution in [0.4, 0.5) is 5.00 Å². The highest BCUT2D eigenvalue weighted by Gasteiger charge is 2.15. The minimum atomic E-state index is 0.440. The van der Waals surface area contributed by atoms with Crippen LogP contribution in [-0.2, 0) is 7.05 Å². The summed E-state index contributed by atoms with van der Waals surface area (Å²) in [7, 11) is 1.84. The topological polar surface area (TPSA) is 82.8 Å². The molecule has 6 nitrogen and oxygen atoms in total. The Kier molecular flexibility index (Phi) is 2.41. The van der Waals surface area contributed by atoms with Crippen molar-refractivity contribution in [1.82, 2.24) is 19.9 Å². The summed E-state index contributed by atoms with van der Waals surface area (Å²) in [4.78, 5) is 5.45. The summed E-state index contributed by atoms with van der Waals surface area (Å²) in [6.45, 7) is 1.99. The number of nitrogens with two attached hydrogens (primary N) is 1. The summed E-state index contributed by atoms with van der Waals surface area (Å²) >= 11 is 1.51. The summed E-state index contributed by atoms with van der Waals surface area (Å²) in [5.74, 6) is 0.956. The molecule has 0 radical (unpaired) electrons. The van der Waals surface area contributed by atoms with E-state index in [2.05, 4.69) is 15.2 Å². The van der Waals surface area contributed by atoms with Crippen molar-refractivity contribution in [3.05, 3.63) is 23.3 Å². The van der Waals surface area contributed by atoms with Gasteiger partial charge in [0.25, 0.3) is 5.89 Å². The summed E-state index contributed by atoms with van der Waals surface area (Å²) < 4.78 is 6.93. The van der Waals surface area contributed by atoms with Crippen LogP contribution < -0.4 is 5.73 Å². The zero-order chi connectivity index (χ0) is 12.7. The average molecular weight is 261 g/mol. The van der Waals surface area contributed by atoms with Crippen LogP contribution >= 0.6 is 11.3 Å². The zero-order valence-corrected chi connectivity index (χ0v) is 10.7. The van der Waals surface area contributed by atoms with Crippen LogP contribution in [0.15, 0.2) is 23.0 Å². The van der Waals surface area contributed by atoms with Gasteiger partial charge in [-0.25, -0.2) is 0 Å². The van der Waals surface area contributed by atoms with Gasteiger partial charge in [0.1, 0.15) is 0 Å².